The van der Waals surface area contributed by atoms with Crippen molar-refractivity contribution in [2.45, 2.75) is 51.2 Å². The van der Waals surface area contributed by atoms with Crippen LogP contribution in [0, 0.1) is 0 Å². The van der Waals surface area contributed by atoms with E-state index < -0.39 is 0 Å². The van der Waals surface area contributed by atoms with Gasteiger partial charge in [0.05, 0.1) is 18.9 Å². The first-order valence-electron chi connectivity index (χ1n) is 10.2. The zero-order valence-electron chi connectivity index (χ0n) is 16.7. The fraction of sp³-hybridized carbons (Fsp3) is 0.500. The molecular weight excluding hydrogens is 545 g/mol. The summed E-state index contributed by atoms with van der Waals surface area (Å²) in [7, 11) is 0. The second-order valence-corrected chi connectivity index (χ2v) is 8.02. The number of nitrogens with zero attached hydrogens (tertiary/aromatic N) is 1. The summed E-state index contributed by atoms with van der Waals surface area (Å²) in [5, 5.41) is 6.88. The third kappa shape index (κ3) is 9.53. The first kappa shape index (κ1) is 24.2. The summed E-state index contributed by atoms with van der Waals surface area (Å²) in [5.74, 6) is 1.83. The molecule has 0 radical (unpaired) electrons. The molecule has 1 fully saturated rings. The molecule has 1 aliphatic heterocycles. The van der Waals surface area contributed by atoms with Crippen LogP contribution in [0.1, 0.15) is 43.4 Å². The van der Waals surface area contributed by atoms with Crippen LogP contribution in [-0.4, -0.2) is 31.8 Å². The van der Waals surface area contributed by atoms with Crippen LogP contribution in [0.2, 0.25) is 0 Å². The average Bonchev–Trinajstić information content (AvgIpc) is 3.24. The third-order valence-electron chi connectivity index (χ3n) is 4.85. The summed E-state index contributed by atoms with van der Waals surface area (Å²) in [6.07, 6.45) is 8.89. The molecule has 2 N–H and O–H groups in total. The van der Waals surface area contributed by atoms with Gasteiger partial charge >= 0.3 is 0 Å². The lowest BCUT2D eigenvalue weighted by Gasteiger charge is -2.22. The second-order valence-electron chi connectivity index (χ2n) is 7.11. The predicted molar refractivity (Wildman–Crippen MR) is 132 cm³/mol. The molecule has 1 aromatic carbocycles. The number of aliphatic imine (C=N–C) groups is 1. The fourth-order valence-electron chi connectivity index (χ4n) is 3.26. The fourth-order valence-corrected chi connectivity index (χ4v) is 3.53. The van der Waals surface area contributed by atoms with Gasteiger partial charge in [0.1, 0.15) is 5.76 Å². The molecule has 3 rings (SSSR count). The van der Waals surface area contributed by atoms with Crippen molar-refractivity contribution in [2.75, 3.05) is 19.7 Å². The monoisotopic (exact) mass is 575 g/mol. The number of rotatable bonds is 9. The standard InChI is InChI=1S/C22H30BrN3O2.HI/c23-19-10-8-18(9-11-19)17-26-22(25-14-12-21-7-4-16-28-21)24-13-3-6-20-5-1-2-15-27-20;/h4,7-11,16,20H,1-3,5-6,12-15,17H2,(H2,24,25,26);1H. The van der Waals surface area contributed by atoms with E-state index in [1.807, 2.05) is 24.3 Å². The Morgan fingerprint density at radius 2 is 1.93 bits per heavy atom. The van der Waals surface area contributed by atoms with E-state index in [0.29, 0.717) is 12.6 Å². The van der Waals surface area contributed by atoms with E-state index in [-0.39, 0.29) is 24.0 Å². The highest BCUT2D eigenvalue weighted by Crippen LogP contribution is 2.16. The molecule has 1 saturated heterocycles. The Morgan fingerprint density at radius 3 is 2.66 bits per heavy atom. The van der Waals surface area contributed by atoms with Crippen molar-refractivity contribution in [3.63, 3.8) is 0 Å². The quantitative estimate of drug-likeness (QED) is 0.185. The van der Waals surface area contributed by atoms with E-state index in [0.717, 1.165) is 55.2 Å². The number of halogens is 2. The van der Waals surface area contributed by atoms with Crippen LogP contribution >= 0.6 is 39.9 Å². The second kappa shape index (κ2) is 14.0. The number of benzene rings is 1. The maximum Gasteiger partial charge on any atom is 0.191 e. The predicted octanol–water partition coefficient (Wildman–Crippen LogP) is 5.29. The summed E-state index contributed by atoms with van der Waals surface area (Å²) in [6, 6.07) is 12.2. The lowest BCUT2D eigenvalue weighted by Crippen LogP contribution is -2.39. The smallest absolute Gasteiger partial charge is 0.191 e. The highest BCUT2D eigenvalue weighted by Gasteiger charge is 2.13. The van der Waals surface area contributed by atoms with Crippen LogP contribution in [0.15, 0.2) is 56.5 Å². The Kier molecular flexibility index (Phi) is 11.7. The van der Waals surface area contributed by atoms with Crippen LogP contribution in [0.5, 0.6) is 0 Å². The largest absolute Gasteiger partial charge is 0.469 e. The molecule has 0 bridgehead atoms. The third-order valence-corrected chi connectivity index (χ3v) is 5.37. The topological polar surface area (TPSA) is 58.8 Å². The molecule has 2 aromatic rings. The van der Waals surface area contributed by atoms with Crippen molar-refractivity contribution in [1.29, 1.82) is 0 Å². The Morgan fingerprint density at radius 1 is 1.10 bits per heavy atom. The minimum atomic E-state index is 0. The Labute approximate surface area is 199 Å². The summed E-state index contributed by atoms with van der Waals surface area (Å²) in [5.41, 5.74) is 1.19. The van der Waals surface area contributed by atoms with Crippen LogP contribution in [-0.2, 0) is 17.7 Å². The van der Waals surface area contributed by atoms with Gasteiger partial charge in [-0.05, 0) is 61.9 Å². The zero-order valence-corrected chi connectivity index (χ0v) is 20.7. The van der Waals surface area contributed by atoms with Crippen LogP contribution < -0.4 is 10.6 Å². The molecule has 1 atom stereocenters. The maximum atomic E-state index is 5.82. The first-order chi connectivity index (χ1) is 13.8. The van der Waals surface area contributed by atoms with E-state index in [2.05, 4.69) is 38.7 Å². The number of hydrogen-bond donors (Lipinski definition) is 2. The highest BCUT2D eigenvalue weighted by molar-refractivity contribution is 14.0. The molecule has 7 heteroatoms. The minimum absolute atomic E-state index is 0. The van der Waals surface area contributed by atoms with Gasteiger partial charge in [0.15, 0.2) is 5.96 Å². The van der Waals surface area contributed by atoms with Crippen LogP contribution in [0.25, 0.3) is 0 Å². The van der Waals surface area contributed by atoms with Gasteiger partial charge in [-0.1, -0.05) is 28.1 Å². The van der Waals surface area contributed by atoms with Crippen molar-refractivity contribution in [3.8, 4) is 0 Å². The number of nitrogens with one attached hydrogen (secondary N) is 2. The van der Waals surface area contributed by atoms with E-state index in [9.17, 15) is 0 Å². The SMILES string of the molecule is Brc1ccc(CN=C(NCCCC2CCCCO2)NCCc2ccco2)cc1.I. The van der Waals surface area contributed by atoms with Crippen molar-refractivity contribution in [2.24, 2.45) is 4.99 Å². The number of furan rings is 1. The molecule has 2 heterocycles. The lowest BCUT2D eigenvalue weighted by atomic mass is 10.0. The van der Waals surface area contributed by atoms with Gasteiger partial charge in [-0.2, -0.15) is 0 Å². The van der Waals surface area contributed by atoms with Gasteiger partial charge in [-0.15, -0.1) is 24.0 Å². The van der Waals surface area contributed by atoms with E-state index >= 15 is 0 Å². The maximum absolute atomic E-state index is 5.82. The number of guanidine groups is 1. The Bertz CT molecular complexity index is 701. The van der Waals surface area contributed by atoms with Crippen molar-refractivity contribution >= 4 is 45.9 Å². The molecule has 0 saturated carbocycles. The number of hydrogen-bond acceptors (Lipinski definition) is 3. The zero-order chi connectivity index (χ0) is 19.4. The summed E-state index contributed by atoms with van der Waals surface area (Å²) in [4.78, 5) is 4.74. The molecule has 0 amide bonds. The van der Waals surface area contributed by atoms with Gasteiger partial charge in [-0.25, -0.2) is 4.99 Å². The normalized spacial score (nSPS) is 16.9. The minimum Gasteiger partial charge on any atom is -0.469 e. The Balaban J connectivity index is 0.00000300. The molecule has 1 aliphatic rings. The lowest BCUT2D eigenvalue weighted by molar-refractivity contribution is 0.0104. The van der Waals surface area contributed by atoms with Gasteiger partial charge in [-0.3, -0.25) is 0 Å². The van der Waals surface area contributed by atoms with Gasteiger partial charge in [0.2, 0.25) is 0 Å². The summed E-state index contributed by atoms with van der Waals surface area (Å²) < 4.78 is 12.3. The van der Waals surface area contributed by atoms with Gasteiger partial charge < -0.3 is 19.8 Å². The molecular formula is C22H31BrIN3O2. The molecule has 160 valence electrons. The Hall–Kier alpha value is -1.06. The average molecular weight is 576 g/mol. The molecule has 5 nitrogen and oxygen atoms in total. The van der Waals surface area contributed by atoms with Gasteiger partial charge in [0.25, 0.3) is 0 Å². The van der Waals surface area contributed by atoms with E-state index in [4.69, 9.17) is 14.1 Å². The van der Waals surface area contributed by atoms with Crippen LogP contribution in [0.3, 0.4) is 0 Å². The van der Waals surface area contributed by atoms with Crippen molar-refractivity contribution < 1.29 is 9.15 Å². The molecule has 0 spiro atoms. The first-order valence-corrected chi connectivity index (χ1v) is 11.0. The number of ether oxygens (including phenoxy) is 1. The molecule has 1 unspecified atom stereocenters. The van der Waals surface area contributed by atoms with Crippen molar-refractivity contribution in [3.05, 3.63) is 58.5 Å². The summed E-state index contributed by atoms with van der Waals surface area (Å²) in [6.45, 7) is 3.25. The van der Waals surface area contributed by atoms with Gasteiger partial charge in [0, 0.05) is 30.6 Å². The molecule has 0 aliphatic carbocycles. The van der Waals surface area contributed by atoms with E-state index in [1.54, 1.807) is 6.26 Å². The molecule has 29 heavy (non-hydrogen) atoms. The highest BCUT2D eigenvalue weighted by atomic mass is 127. The molecule has 1 aromatic heterocycles. The summed E-state index contributed by atoms with van der Waals surface area (Å²) >= 11 is 3.47. The van der Waals surface area contributed by atoms with E-state index in [1.165, 1.54) is 24.8 Å². The van der Waals surface area contributed by atoms with Crippen molar-refractivity contribution in [1.82, 2.24) is 10.6 Å². The van der Waals surface area contributed by atoms with Crippen LogP contribution in [0.4, 0.5) is 0 Å².